The molecule has 1 rings (SSSR count). The summed E-state index contributed by atoms with van der Waals surface area (Å²) < 4.78 is 31.2. The summed E-state index contributed by atoms with van der Waals surface area (Å²) in [6.45, 7) is 4.18. The summed E-state index contributed by atoms with van der Waals surface area (Å²) in [7, 11) is 1.23. The minimum Gasteiger partial charge on any atom is -0.380 e. The molecule has 0 unspecified atom stereocenters. The van der Waals surface area contributed by atoms with Gasteiger partial charge in [0.05, 0.1) is 11.5 Å². The molecule has 0 aliphatic carbocycles. The third-order valence-electron chi connectivity index (χ3n) is 3.14. The standard InChI is InChI=1S/C15H26N4O3S/c1-5-22-11-10-17-15(16-2)18-12-13-8-6-7-9-14(13)23(20,21)19(3)4/h6-9H,5,10-12H2,1-4H3,(H2,16,17,18). The van der Waals surface area contributed by atoms with Crippen molar-refractivity contribution in [3.8, 4) is 0 Å². The second-order valence-electron chi connectivity index (χ2n) is 4.94. The van der Waals surface area contributed by atoms with Gasteiger partial charge in [0.15, 0.2) is 5.96 Å². The lowest BCUT2D eigenvalue weighted by molar-refractivity contribution is 0.152. The molecule has 0 spiro atoms. The van der Waals surface area contributed by atoms with E-state index in [1.54, 1.807) is 25.2 Å². The number of rotatable bonds is 8. The van der Waals surface area contributed by atoms with Crippen LogP contribution in [-0.4, -0.2) is 59.6 Å². The lowest BCUT2D eigenvalue weighted by atomic mass is 10.2. The van der Waals surface area contributed by atoms with Crippen LogP contribution in [0.15, 0.2) is 34.2 Å². The van der Waals surface area contributed by atoms with Gasteiger partial charge in [0.2, 0.25) is 10.0 Å². The molecule has 0 saturated heterocycles. The highest BCUT2D eigenvalue weighted by atomic mass is 32.2. The van der Waals surface area contributed by atoms with Crippen LogP contribution in [0.3, 0.4) is 0 Å². The van der Waals surface area contributed by atoms with E-state index in [9.17, 15) is 8.42 Å². The molecule has 0 aromatic heterocycles. The van der Waals surface area contributed by atoms with Gasteiger partial charge in [-0.1, -0.05) is 18.2 Å². The number of hydrogen-bond acceptors (Lipinski definition) is 4. The molecule has 1 aromatic rings. The number of sulfonamides is 1. The Morgan fingerprint density at radius 2 is 1.96 bits per heavy atom. The molecule has 0 bridgehead atoms. The summed E-state index contributed by atoms with van der Waals surface area (Å²) >= 11 is 0. The molecule has 0 atom stereocenters. The second-order valence-corrected chi connectivity index (χ2v) is 7.06. The molecule has 130 valence electrons. The molecule has 23 heavy (non-hydrogen) atoms. The van der Waals surface area contributed by atoms with E-state index >= 15 is 0 Å². The number of nitrogens with zero attached hydrogens (tertiary/aromatic N) is 2. The molecule has 0 heterocycles. The van der Waals surface area contributed by atoms with Gasteiger partial charge in [-0.3, -0.25) is 4.99 Å². The van der Waals surface area contributed by atoms with Crippen molar-refractivity contribution >= 4 is 16.0 Å². The van der Waals surface area contributed by atoms with E-state index in [0.717, 1.165) is 0 Å². The fraction of sp³-hybridized carbons (Fsp3) is 0.533. The van der Waals surface area contributed by atoms with E-state index in [0.29, 0.717) is 42.7 Å². The van der Waals surface area contributed by atoms with Crippen LogP contribution in [0, 0.1) is 0 Å². The Morgan fingerprint density at radius 3 is 2.57 bits per heavy atom. The quantitative estimate of drug-likeness (QED) is 0.411. The summed E-state index contributed by atoms with van der Waals surface area (Å²) in [4.78, 5) is 4.40. The number of ether oxygens (including phenoxy) is 1. The predicted octanol–water partition coefficient (Wildman–Crippen LogP) is 0.638. The number of hydrogen-bond donors (Lipinski definition) is 2. The van der Waals surface area contributed by atoms with E-state index < -0.39 is 10.0 Å². The Balaban J connectivity index is 2.75. The van der Waals surface area contributed by atoms with Crippen LogP contribution in [0.5, 0.6) is 0 Å². The Hall–Kier alpha value is -1.64. The summed E-state index contributed by atoms with van der Waals surface area (Å²) in [5.74, 6) is 0.599. The monoisotopic (exact) mass is 342 g/mol. The number of benzene rings is 1. The van der Waals surface area contributed by atoms with Gasteiger partial charge in [0.1, 0.15) is 0 Å². The van der Waals surface area contributed by atoms with E-state index in [1.165, 1.54) is 18.4 Å². The van der Waals surface area contributed by atoms with E-state index in [1.807, 2.05) is 13.0 Å². The van der Waals surface area contributed by atoms with Crippen LogP contribution >= 0.6 is 0 Å². The molecule has 0 amide bonds. The average Bonchev–Trinajstić information content (AvgIpc) is 2.54. The zero-order valence-electron chi connectivity index (χ0n) is 14.2. The molecule has 0 aliphatic heterocycles. The zero-order chi connectivity index (χ0) is 17.3. The summed E-state index contributed by atoms with van der Waals surface area (Å²) in [5.41, 5.74) is 0.689. The number of guanidine groups is 1. The molecular weight excluding hydrogens is 316 g/mol. The smallest absolute Gasteiger partial charge is 0.242 e. The summed E-state index contributed by atoms with van der Waals surface area (Å²) in [6.07, 6.45) is 0. The third-order valence-corrected chi connectivity index (χ3v) is 5.06. The maximum Gasteiger partial charge on any atom is 0.242 e. The van der Waals surface area contributed by atoms with E-state index in [2.05, 4.69) is 15.6 Å². The number of aliphatic imine (C=N–C) groups is 1. The van der Waals surface area contributed by atoms with Gasteiger partial charge in [0, 0.05) is 40.8 Å². The van der Waals surface area contributed by atoms with Crippen LogP contribution in [0.25, 0.3) is 0 Å². The van der Waals surface area contributed by atoms with Crippen LogP contribution in [0.4, 0.5) is 0 Å². The maximum absolute atomic E-state index is 12.3. The van der Waals surface area contributed by atoms with Crippen molar-refractivity contribution in [2.45, 2.75) is 18.4 Å². The van der Waals surface area contributed by atoms with Gasteiger partial charge in [0.25, 0.3) is 0 Å². The Bertz CT molecular complexity index is 615. The van der Waals surface area contributed by atoms with Crippen molar-refractivity contribution in [2.24, 2.45) is 4.99 Å². The van der Waals surface area contributed by atoms with Crippen molar-refractivity contribution in [3.05, 3.63) is 29.8 Å². The lowest BCUT2D eigenvalue weighted by Crippen LogP contribution is -2.38. The largest absolute Gasteiger partial charge is 0.380 e. The predicted molar refractivity (Wildman–Crippen MR) is 92.0 cm³/mol. The second kappa shape index (κ2) is 9.49. The summed E-state index contributed by atoms with van der Waals surface area (Å²) in [6, 6.07) is 6.93. The van der Waals surface area contributed by atoms with Crippen LogP contribution in [-0.2, 0) is 21.3 Å². The minimum atomic E-state index is -3.47. The molecular formula is C15H26N4O3S. The highest BCUT2D eigenvalue weighted by molar-refractivity contribution is 7.89. The van der Waals surface area contributed by atoms with Gasteiger partial charge < -0.3 is 15.4 Å². The zero-order valence-corrected chi connectivity index (χ0v) is 15.0. The van der Waals surface area contributed by atoms with E-state index in [-0.39, 0.29) is 0 Å². The first-order valence-electron chi connectivity index (χ1n) is 7.46. The van der Waals surface area contributed by atoms with Gasteiger partial charge in [-0.25, -0.2) is 12.7 Å². The molecule has 8 heteroatoms. The highest BCUT2D eigenvalue weighted by Gasteiger charge is 2.20. The van der Waals surface area contributed by atoms with E-state index in [4.69, 9.17) is 4.74 Å². The Labute approximate surface area is 138 Å². The maximum atomic E-state index is 12.3. The molecule has 0 aliphatic rings. The fourth-order valence-electron chi connectivity index (χ4n) is 1.88. The molecule has 2 N–H and O–H groups in total. The van der Waals surface area contributed by atoms with Crippen molar-refractivity contribution in [1.29, 1.82) is 0 Å². The van der Waals surface area contributed by atoms with Gasteiger partial charge in [-0.15, -0.1) is 0 Å². The first-order valence-corrected chi connectivity index (χ1v) is 8.90. The number of nitrogens with one attached hydrogen (secondary N) is 2. The lowest BCUT2D eigenvalue weighted by Gasteiger charge is -2.17. The SMILES string of the molecule is CCOCCNC(=NC)NCc1ccccc1S(=O)(=O)N(C)C. The van der Waals surface area contributed by atoms with Crippen LogP contribution in [0.2, 0.25) is 0 Å². The Kier molecular flexibility index (Phi) is 8.01. The Morgan fingerprint density at radius 1 is 1.26 bits per heavy atom. The van der Waals surface area contributed by atoms with Gasteiger partial charge in [-0.05, 0) is 18.6 Å². The average molecular weight is 342 g/mol. The topological polar surface area (TPSA) is 83.0 Å². The fourth-order valence-corrected chi connectivity index (χ4v) is 3.00. The van der Waals surface area contributed by atoms with Crippen molar-refractivity contribution in [3.63, 3.8) is 0 Å². The molecule has 0 radical (unpaired) electrons. The van der Waals surface area contributed by atoms with Crippen molar-refractivity contribution in [1.82, 2.24) is 14.9 Å². The molecule has 0 saturated carbocycles. The van der Waals surface area contributed by atoms with Gasteiger partial charge in [-0.2, -0.15) is 0 Å². The normalized spacial score (nSPS) is 12.5. The van der Waals surface area contributed by atoms with Gasteiger partial charge >= 0.3 is 0 Å². The van der Waals surface area contributed by atoms with Crippen molar-refractivity contribution < 1.29 is 13.2 Å². The molecule has 1 aromatic carbocycles. The van der Waals surface area contributed by atoms with Crippen LogP contribution < -0.4 is 10.6 Å². The highest BCUT2D eigenvalue weighted by Crippen LogP contribution is 2.18. The third kappa shape index (κ3) is 5.81. The van der Waals surface area contributed by atoms with Crippen molar-refractivity contribution in [2.75, 3.05) is 40.9 Å². The molecule has 7 nitrogen and oxygen atoms in total. The molecule has 0 fully saturated rings. The van der Waals surface area contributed by atoms with Crippen LogP contribution in [0.1, 0.15) is 12.5 Å². The first kappa shape index (κ1) is 19.4. The summed E-state index contributed by atoms with van der Waals surface area (Å²) in [5, 5.41) is 6.22. The first-order chi connectivity index (χ1) is 10.9. The minimum absolute atomic E-state index is 0.294.